The molecule has 0 spiro atoms. The van der Waals surface area contributed by atoms with Crippen LogP contribution in [-0.2, 0) is 0 Å². The third-order valence-electron chi connectivity index (χ3n) is 7.44. The van der Waals surface area contributed by atoms with Gasteiger partial charge in [-0.15, -0.1) is 0 Å². The Morgan fingerprint density at radius 3 is 3.00 bits per heavy atom. The highest BCUT2D eigenvalue weighted by Gasteiger charge is 2.53. The summed E-state index contributed by atoms with van der Waals surface area (Å²) in [6, 6.07) is 0. The smallest absolute Gasteiger partial charge is 0.00936 e. The van der Waals surface area contributed by atoms with Crippen LogP contribution < -0.4 is 5.73 Å². The first-order valence-electron chi connectivity index (χ1n) is 8.78. The lowest BCUT2D eigenvalue weighted by molar-refractivity contribution is 0.0782. The number of allylic oxidation sites excluding steroid dienone is 4. The van der Waals surface area contributed by atoms with Gasteiger partial charge in [-0.2, -0.15) is 0 Å². The SMILES string of the molecule is C[C@]12C=CCCC1CC[C@@H]1C2=CC[C@]2(CN)CCC[C@@H]12. The first kappa shape index (κ1) is 13.1. The molecule has 0 saturated heterocycles. The lowest BCUT2D eigenvalue weighted by atomic mass is 9.50. The molecule has 4 aliphatic rings. The Bertz CT molecular complexity index is 462. The largest absolute Gasteiger partial charge is 0.330 e. The molecule has 2 fully saturated rings. The molecule has 1 unspecified atom stereocenters. The van der Waals surface area contributed by atoms with Crippen LogP contribution in [0, 0.1) is 28.6 Å². The minimum atomic E-state index is 0.379. The summed E-state index contributed by atoms with van der Waals surface area (Å²) in [5, 5.41) is 0. The van der Waals surface area contributed by atoms with Crippen LogP contribution in [0.25, 0.3) is 0 Å². The summed E-state index contributed by atoms with van der Waals surface area (Å²) < 4.78 is 0. The van der Waals surface area contributed by atoms with Crippen LogP contribution in [0.4, 0.5) is 0 Å². The minimum absolute atomic E-state index is 0.379. The van der Waals surface area contributed by atoms with Gasteiger partial charge in [0, 0.05) is 5.41 Å². The van der Waals surface area contributed by atoms with Crippen LogP contribution in [0.15, 0.2) is 23.8 Å². The van der Waals surface area contributed by atoms with Crippen molar-refractivity contribution in [2.24, 2.45) is 34.3 Å². The maximum Gasteiger partial charge on any atom is 0.00936 e. The number of nitrogens with two attached hydrogens (primary N) is 1. The Balaban J connectivity index is 1.75. The maximum absolute atomic E-state index is 6.22. The molecule has 2 saturated carbocycles. The predicted molar refractivity (Wildman–Crippen MR) is 84.2 cm³/mol. The zero-order valence-corrected chi connectivity index (χ0v) is 12.9. The van der Waals surface area contributed by atoms with Crippen LogP contribution in [0.5, 0.6) is 0 Å². The summed E-state index contributed by atoms with van der Waals surface area (Å²) >= 11 is 0. The van der Waals surface area contributed by atoms with Gasteiger partial charge in [-0.05, 0) is 74.7 Å². The molecule has 0 aliphatic heterocycles. The van der Waals surface area contributed by atoms with Gasteiger partial charge in [0.15, 0.2) is 0 Å². The molecule has 110 valence electrons. The van der Waals surface area contributed by atoms with E-state index < -0.39 is 0 Å². The summed E-state index contributed by atoms with van der Waals surface area (Å²) in [7, 11) is 0. The highest BCUT2D eigenvalue weighted by atomic mass is 14.7. The Hall–Kier alpha value is -0.560. The van der Waals surface area contributed by atoms with Crippen molar-refractivity contribution in [1.82, 2.24) is 0 Å². The molecule has 20 heavy (non-hydrogen) atoms. The van der Waals surface area contributed by atoms with Gasteiger partial charge in [0.2, 0.25) is 0 Å². The molecular formula is C19H29N. The van der Waals surface area contributed by atoms with E-state index in [9.17, 15) is 0 Å². The van der Waals surface area contributed by atoms with Gasteiger partial charge < -0.3 is 5.73 Å². The zero-order chi connectivity index (χ0) is 13.8. The summed E-state index contributed by atoms with van der Waals surface area (Å²) in [5.41, 5.74) is 8.88. The molecule has 0 amide bonds. The third-order valence-corrected chi connectivity index (χ3v) is 7.44. The fourth-order valence-electron chi connectivity index (χ4n) is 6.26. The molecule has 0 aromatic carbocycles. The van der Waals surface area contributed by atoms with E-state index >= 15 is 0 Å². The van der Waals surface area contributed by atoms with Crippen molar-refractivity contribution in [3.63, 3.8) is 0 Å². The lowest BCUT2D eigenvalue weighted by Gasteiger charge is -2.54. The van der Waals surface area contributed by atoms with Crippen LogP contribution in [0.2, 0.25) is 0 Å². The Kier molecular flexibility index (Phi) is 2.93. The molecule has 5 atom stereocenters. The topological polar surface area (TPSA) is 26.0 Å². The van der Waals surface area contributed by atoms with Crippen molar-refractivity contribution < 1.29 is 0 Å². The summed E-state index contributed by atoms with van der Waals surface area (Å²) in [5.74, 6) is 2.64. The van der Waals surface area contributed by atoms with Crippen molar-refractivity contribution in [1.29, 1.82) is 0 Å². The monoisotopic (exact) mass is 271 g/mol. The van der Waals surface area contributed by atoms with E-state index in [-0.39, 0.29) is 0 Å². The van der Waals surface area contributed by atoms with E-state index in [4.69, 9.17) is 5.73 Å². The molecule has 0 aromatic heterocycles. The van der Waals surface area contributed by atoms with Crippen molar-refractivity contribution in [2.45, 2.75) is 58.3 Å². The molecule has 2 N–H and O–H groups in total. The minimum Gasteiger partial charge on any atom is -0.330 e. The van der Waals surface area contributed by atoms with E-state index in [2.05, 4.69) is 25.2 Å². The first-order chi connectivity index (χ1) is 9.70. The molecule has 0 bridgehead atoms. The van der Waals surface area contributed by atoms with Gasteiger partial charge in [0.25, 0.3) is 0 Å². The lowest BCUT2D eigenvalue weighted by Crippen LogP contribution is -2.47. The summed E-state index contributed by atoms with van der Waals surface area (Å²) in [6.07, 6.45) is 18.7. The Morgan fingerprint density at radius 1 is 1.25 bits per heavy atom. The summed E-state index contributed by atoms with van der Waals surface area (Å²) in [6.45, 7) is 3.43. The van der Waals surface area contributed by atoms with E-state index in [1.54, 1.807) is 5.57 Å². The molecular weight excluding hydrogens is 242 g/mol. The maximum atomic E-state index is 6.22. The number of hydrogen-bond donors (Lipinski definition) is 1. The molecule has 4 rings (SSSR count). The van der Waals surface area contributed by atoms with Gasteiger partial charge in [0.1, 0.15) is 0 Å². The second-order valence-corrected chi connectivity index (χ2v) is 8.07. The predicted octanol–water partition coefficient (Wildman–Crippen LogP) is 4.44. The van der Waals surface area contributed by atoms with Gasteiger partial charge >= 0.3 is 0 Å². The standard InChI is InChI=1S/C19H29N/c1-18-10-3-2-5-14(18)7-8-15-16(18)9-12-19(13-20)11-4-6-17(15)19/h3,9-10,14-15,17H,2,4-8,11-13,20H2,1H3/t14?,15-,17+,18+,19+/m1/s1. The van der Waals surface area contributed by atoms with E-state index in [0.717, 1.165) is 24.3 Å². The molecule has 4 aliphatic carbocycles. The normalized spacial score (nSPS) is 50.1. The van der Waals surface area contributed by atoms with Gasteiger partial charge in [-0.25, -0.2) is 0 Å². The Morgan fingerprint density at radius 2 is 2.15 bits per heavy atom. The van der Waals surface area contributed by atoms with Gasteiger partial charge in [-0.1, -0.05) is 37.1 Å². The van der Waals surface area contributed by atoms with Crippen molar-refractivity contribution in [3.05, 3.63) is 23.8 Å². The van der Waals surface area contributed by atoms with Gasteiger partial charge in [-0.3, -0.25) is 0 Å². The second-order valence-electron chi connectivity index (χ2n) is 8.07. The average Bonchev–Trinajstić information content (AvgIpc) is 2.91. The number of rotatable bonds is 1. The zero-order valence-electron chi connectivity index (χ0n) is 12.9. The van der Waals surface area contributed by atoms with Gasteiger partial charge in [0.05, 0.1) is 0 Å². The quantitative estimate of drug-likeness (QED) is 0.701. The number of hydrogen-bond acceptors (Lipinski definition) is 1. The fourth-order valence-corrected chi connectivity index (χ4v) is 6.26. The molecule has 0 heterocycles. The fraction of sp³-hybridized carbons (Fsp3) is 0.789. The average molecular weight is 271 g/mol. The summed E-state index contributed by atoms with van der Waals surface area (Å²) in [4.78, 5) is 0. The van der Waals surface area contributed by atoms with E-state index in [1.165, 1.54) is 51.4 Å². The first-order valence-corrected chi connectivity index (χ1v) is 8.78. The van der Waals surface area contributed by atoms with Crippen molar-refractivity contribution >= 4 is 0 Å². The second kappa shape index (κ2) is 4.47. The highest BCUT2D eigenvalue weighted by Crippen LogP contribution is 2.62. The van der Waals surface area contributed by atoms with Crippen LogP contribution in [-0.4, -0.2) is 6.54 Å². The van der Waals surface area contributed by atoms with Crippen LogP contribution >= 0.6 is 0 Å². The Labute approximate surface area is 123 Å². The van der Waals surface area contributed by atoms with Crippen LogP contribution in [0.1, 0.15) is 58.3 Å². The van der Waals surface area contributed by atoms with Crippen molar-refractivity contribution in [3.8, 4) is 0 Å². The van der Waals surface area contributed by atoms with E-state index in [1.807, 2.05) is 0 Å². The highest BCUT2D eigenvalue weighted by molar-refractivity contribution is 5.33. The third kappa shape index (κ3) is 1.59. The molecule has 1 heteroatoms. The van der Waals surface area contributed by atoms with Crippen molar-refractivity contribution in [2.75, 3.05) is 6.54 Å². The molecule has 0 aromatic rings. The molecule has 1 nitrogen and oxygen atoms in total. The van der Waals surface area contributed by atoms with Crippen LogP contribution in [0.3, 0.4) is 0 Å². The van der Waals surface area contributed by atoms with E-state index in [0.29, 0.717) is 10.8 Å². The number of fused-ring (bicyclic) bond motifs is 5. The molecule has 0 radical (unpaired) electrons.